The van der Waals surface area contributed by atoms with Gasteiger partial charge in [-0.1, -0.05) is 18.2 Å². The van der Waals surface area contributed by atoms with Crippen LogP contribution < -0.4 is 5.56 Å². The molecule has 6 heteroatoms. The Bertz CT molecular complexity index is 1070. The topological polar surface area (TPSA) is 60.9 Å². The number of hydrogen-bond donors (Lipinski definition) is 0. The van der Waals surface area contributed by atoms with Crippen LogP contribution in [0.15, 0.2) is 70.2 Å². The summed E-state index contributed by atoms with van der Waals surface area (Å²) in [5.74, 6) is 0.0521. The maximum absolute atomic E-state index is 13.0. The molecular formula is C18H12FN3O2. The highest BCUT2D eigenvalue weighted by atomic mass is 19.1. The van der Waals surface area contributed by atoms with Crippen LogP contribution in [0, 0.1) is 5.82 Å². The van der Waals surface area contributed by atoms with Crippen molar-refractivity contribution in [2.75, 3.05) is 0 Å². The zero-order valence-electron chi connectivity index (χ0n) is 12.5. The van der Waals surface area contributed by atoms with Crippen LogP contribution in [0.4, 0.5) is 4.39 Å². The Labute approximate surface area is 136 Å². The first-order chi connectivity index (χ1) is 11.7. The summed E-state index contributed by atoms with van der Waals surface area (Å²) < 4.78 is 19.7. The molecule has 0 radical (unpaired) electrons. The Hall–Kier alpha value is -3.28. The quantitative estimate of drug-likeness (QED) is 0.581. The third-order valence-corrected chi connectivity index (χ3v) is 3.72. The number of oxazole rings is 1. The predicted molar refractivity (Wildman–Crippen MR) is 87.0 cm³/mol. The van der Waals surface area contributed by atoms with Crippen molar-refractivity contribution in [3.8, 4) is 11.5 Å². The highest BCUT2D eigenvalue weighted by molar-refractivity contribution is 5.80. The van der Waals surface area contributed by atoms with Gasteiger partial charge in [-0.15, -0.1) is 0 Å². The van der Waals surface area contributed by atoms with Crippen molar-refractivity contribution in [3.05, 3.63) is 82.9 Å². The SMILES string of the molecule is O=c1c2ccccc2cnn1Cc1coc(-c2ccc(F)cc2)n1. The highest BCUT2D eigenvalue weighted by Crippen LogP contribution is 2.19. The summed E-state index contributed by atoms with van der Waals surface area (Å²) in [6.45, 7) is 0.203. The highest BCUT2D eigenvalue weighted by Gasteiger charge is 2.10. The predicted octanol–water partition coefficient (Wildman–Crippen LogP) is 3.24. The lowest BCUT2D eigenvalue weighted by Crippen LogP contribution is -2.23. The standard InChI is InChI=1S/C18H12FN3O2/c19-14-7-5-12(6-8-14)17-21-15(11-24-17)10-22-18(23)16-4-2-1-3-13(16)9-20-22/h1-9,11H,10H2. The van der Waals surface area contributed by atoms with E-state index in [0.717, 1.165) is 5.39 Å². The fourth-order valence-electron chi connectivity index (χ4n) is 2.50. The summed E-state index contributed by atoms with van der Waals surface area (Å²) in [5.41, 5.74) is 1.06. The molecule has 2 heterocycles. The second kappa shape index (κ2) is 5.73. The van der Waals surface area contributed by atoms with E-state index in [4.69, 9.17) is 4.42 Å². The van der Waals surface area contributed by atoms with Crippen molar-refractivity contribution in [2.45, 2.75) is 6.54 Å². The Balaban J connectivity index is 1.66. The van der Waals surface area contributed by atoms with Crippen molar-refractivity contribution in [2.24, 2.45) is 0 Å². The molecule has 0 saturated carbocycles. The minimum Gasteiger partial charge on any atom is -0.444 e. The number of hydrogen-bond acceptors (Lipinski definition) is 4. The molecule has 0 spiro atoms. The summed E-state index contributed by atoms with van der Waals surface area (Å²) in [6, 6.07) is 13.1. The first-order valence-electron chi connectivity index (χ1n) is 7.36. The fraction of sp³-hybridized carbons (Fsp3) is 0.0556. The van der Waals surface area contributed by atoms with Crippen molar-refractivity contribution in [1.82, 2.24) is 14.8 Å². The summed E-state index contributed by atoms with van der Waals surface area (Å²) >= 11 is 0. The van der Waals surface area contributed by atoms with E-state index < -0.39 is 0 Å². The normalized spacial score (nSPS) is 11.0. The second-order valence-corrected chi connectivity index (χ2v) is 5.35. The minimum absolute atomic E-state index is 0.181. The van der Waals surface area contributed by atoms with E-state index in [2.05, 4.69) is 10.1 Å². The summed E-state index contributed by atoms with van der Waals surface area (Å²) in [5, 5.41) is 5.57. The van der Waals surface area contributed by atoms with Gasteiger partial charge in [0.15, 0.2) is 0 Å². The van der Waals surface area contributed by atoms with Gasteiger partial charge in [-0.3, -0.25) is 4.79 Å². The minimum atomic E-state index is -0.322. The Morgan fingerprint density at radius 1 is 1.08 bits per heavy atom. The second-order valence-electron chi connectivity index (χ2n) is 5.35. The number of aromatic nitrogens is 3. The summed E-state index contributed by atoms with van der Waals surface area (Å²) in [4.78, 5) is 16.8. The van der Waals surface area contributed by atoms with E-state index in [1.54, 1.807) is 24.4 Å². The molecule has 0 unspecified atom stereocenters. The van der Waals surface area contributed by atoms with Crippen LogP contribution in [0.25, 0.3) is 22.2 Å². The van der Waals surface area contributed by atoms with Crippen molar-refractivity contribution in [3.63, 3.8) is 0 Å². The van der Waals surface area contributed by atoms with Crippen molar-refractivity contribution < 1.29 is 8.81 Å². The van der Waals surface area contributed by atoms with Crippen molar-refractivity contribution in [1.29, 1.82) is 0 Å². The van der Waals surface area contributed by atoms with Crippen molar-refractivity contribution >= 4 is 10.8 Å². The van der Waals surface area contributed by atoms with Gasteiger partial charge in [-0.2, -0.15) is 5.10 Å². The first-order valence-corrected chi connectivity index (χ1v) is 7.36. The van der Waals surface area contributed by atoms with E-state index in [0.29, 0.717) is 22.5 Å². The number of benzene rings is 2. The Morgan fingerprint density at radius 3 is 2.71 bits per heavy atom. The van der Waals surface area contributed by atoms with Crippen LogP contribution in [0.3, 0.4) is 0 Å². The molecule has 4 aromatic rings. The van der Waals surface area contributed by atoms with Gasteiger partial charge in [0.2, 0.25) is 5.89 Å². The van der Waals surface area contributed by atoms with E-state index in [1.807, 2.05) is 18.2 Å². The number of rotatable bonds is 3. The van der Waals surface area contributed by atoms with E-state index in [1.165, 1.54) is 23.1 Å². The third-order valence-electron chi connectivity index (χ3n) is 3.72. The molecule has 0 fully saturated rings. The van der Waals surface area contributed by atoms with Crippen LogP contribution in [0.1, 0.15) is 5.69 Å². The summed E-state index contributed by atoms with van der Waals surface area (Å²) in [7, 11) is 0. The zero-order chi connectivity index (χ0) is 16.5. The molecule has 0 aliphatic carbocycles. The van der Waals surface area contributed by atoms with Crippen LogP contribution in [0.2, 0.25) is 0 Å². The molecule has 2 aromatic heterocycles. The van der Waals surface area contributed by atoms with Gasteiger partial charge in [-0.25, -0.2) is 14.1 Å². The molecule has 0 saturated heterocycles. The Morgan fingerprint density at radius 2 is 1.88 bits per heavy atom. The smallest absolute Gasteiger partial charge is 0.274 e. The van der Waals surface area contributed by atoms with Crippen LogP contribution in [-0.2, 0) is 6.54 Å². The maximum Gasteiger partial charge on any atom is 0.274 e. The van der Waals surface area contributed by atoms with E-state index in [9.17, 15) is 9.18 Å². The number of fused-ring (bicyclic) bond motifs is 1. The molecule has 0 aliphatic heterocycles. The van der Waals surface area contributed by atoms with Gasteiger partial charge >= 0.3 is 0 Å². The molecule has 0 bridgehead atoms. The molecule has 4 rings (SSSR count). The zero-order valence-corrected chi connectivity index (χ0v) is 12.5. The average molecular weight is 321 g/mol. The molecule has 118 valence electrons. The largest absolute Gasteiger partial charge is 0.444 e. The van der Waals surface area contributed by atoms with Gasteiger partial charge in [0.25, 0.3) is 5.56 Å². The van der Waals surface area contributed by atoms with Gasteiger partial charge in [0.1, 0.15) is 17.8 Å². The van der Waals surface area contributed by atoms with Crippen LogP contribution in [0.5, 0.6) is 0 Å². The lowest BCUT2D eigenvalue weighted by molar-refractivity contribution is 0.567. The molecule has 2 aromatic carbocycles. The molecule has 0 N–H and O–H groups in total. The lowest BCUT2D eigenvalue weighted by Gasteiger charge is -2.03. The van der Waals surface area contributed by atoms with E-state index >= 15 is 0 Å². The molecule has 0 atom stereocenters. The van der Waals surface area contributed by atoms with Crippen LogP contribution in [-0.4, -0.2) is 14.8 Å². The molecule has 24 heavy (non-hydrogen) atoms. The lowest BCUT2D eigenvalue weighted by atomic mass is 10.2. The van der Waals surface area contributed by atoms with Gasteiger partial charge < -0.3 is 4.42 Å². The van der Waals surface area contributed by atoms with Gasteiger partial charge in [0, 0.05) is 10.9 Å². The molecule has 0 aliphatic rings. The summed E-state index contributed by atoms with van der Waals surface area (Å²) in [6.07, 6.45) is 3.12. The molecular weight excluding hydrogens is 309 g/mol. The first kappa shape index (κ1) is 14.3. The third kappa shape index (κ3) is 2.58. The monoisotopic (exact) mass is 321 g/mol. The van der Waals surface area contributed by atoms with E-state index in [-0.39, 0.29) is 17.9 Å². The Kier molecular flexibility index (Phi) is 3.42. The fourth-order valence-corrected chi connectivity index (χ4v) is 2.50. The molecule has 0 amide bonds. The number of nitrogens with zero attached hydrogens (tertiary/aromatic N) is 3. The average Bonchev–Trinajstić information content (AvgIpc) is 3.07. The molecule has 5 nitrogen and oxygen atoms in total. The number of halogens is 1. The van der Waals surface area contributed by atoms with Gasteiger partial charge in [0.05, 0.1) is 18.1 Å². The van der Waals surface area contributed by atoms with Crippen LogP contribution >= 0.6 is 0 Å². The van der Waals surface area contributed by atoms with Gasteiger partial charge in [-0.05, 0) is 30.3 Å². The maximum atomic E-state index is 13.0.